The molecule has 8 heteroatoms. The van der Waals surface area contributed by atoms with Crippen LogP contribution in [0.2, 0.25) is 0 Å². The molecule has 4 rings (SSSR count). The number of esters is 1. The molecule has 0 saturated carbocycles. The maximum absolute atomic E-state index is 12.7. The summed E-state index contributed by atoms with van der Waals surface area (Å²) in [6.45, 7) is 2.32. The van der Waals surface area contributed by atoms with E-state index >= 15 is 0 Å². The average molecular weight is 384 g/mol. The van der Waals surface area contributed by atoms with Crippen molar-refractivity contribution in [2.24, 2.45) is 0 Å². The normalized spacial score (nSPS) is 13.4. The number of carbonyl (C=O) groups is 2. The minimum Gasteiger partial charge on any atom is -0.462 e. The van der Waals surface area contributed by atoms with E-state index in [2.05, 4.69) is 15.4 Å². The average Bonchev–Trinajstić information content (AvgIpc) is 3.27. The second-order valence-corrected chi connectivity index (χ2v) is 7.56. The Labute approximate surface area is 160 Å². The van der Waals surface area contributed by atoms with Gasteiger partial charge in [-0.15, -0.1) is 11.3 Å². The topological polar surface area (TPSA) is 85.6 Å². The van der Waals surface area contributed by atoms with Crippen molar-refractivity contribution in [2.75, 3.05) is 11.9 Å². The van der Waals surface area contributed by atoms with Crippen molar-refractivity contribution in [3.63, 3.8) is 0 Å². The molecule has 0 saturated heterocycles. The summed E-state index contributed by atoms with van der Waals surface area (Å²) in [4.78, 5) is 30.7. The molecule has 0 aliphatic heterocycles. The molecule has 3 aromatic heterocycles. The van der Waals surface area contributed by atoms with E-state index < -0.39 is 0 Å². The lowest BCUT2D eigenvalue weighted by Crippen LogP contribution is -2.16. The van der Waals surface area contributed by atoms with Crippen molar-refractivity contribution in [1.29, 1.82) is 0 Å². The van der Waals surface area contributed by atoms with Gasteiger partial charge in [0.15, 0.2) is 11.3 Å². The van der Waals surface area contributed by atoms with Crippen LogP contribution in [0.15, 0.2) is 24.5 Å². The molecule has 1 aliphatic rings. The summed E-state index contributed by atoms with van der Waals surface area (Å²) in [6, 6.07) is 3.37. The van der Waals surface area contributed by atoms with Crippen LogP contribution in [0, 0.1) is 0 Å². The van der Waals surface area contributed by atoms with Gasteiger partial charge in [0.25, 0.3) is 5.91 Å². The summed E-state index contributed by atoms with van der Waals surface area (Å²) in [5.41, 5.74) is 2.39. The van der Waals surface area contributed by atoms with Crippen molar-refractivity contribution in [1.82, 2.24) is 14.6 Å². The zero-order chi connectivity index (χ0) is 18.8. The van der Waals surface area contributed by atoms with Crippen molar-refractivity contribution in [3.8, 4) is 0 Å². The molecule has 0 fully saturated rings. The van der Waals surface area contributed by atoms with Gasteiger partial charge in [-0.3, -0.25) is 4.79 Å². The number of fused-ring (bicyclic) bond motifs is 2. The van der Waals surface area contributed by atoms with Crippen LogP contribution < -0.4 is 5.32 Å². The van der Waals surface area contributed by atoms with Crippen LogP contribution in [0.3, 0.4) is 0 Å². The molecule has 1 N–H and O–H groups in total. The Bertz CT molecular complexity index is 975. The summed E-state index contributed by atoms with van der Waals surface area (Å²) in [5, 5.41) is 7.68. The third-order valence-electron chi connectivity index (χ3n) is 4.51. The van der Waals surface area contributed by atoms with Gasteiger partial charge < -0.3 is 10.1 Å². The molecule has 7 nitrogen and oxygen atoms in total. The first-order chi connectivity index (χ1) is 13.2. The minimum absolute atomic E-state index is 0.257. The van der Waals surface area contributed by atoms with Gasteiger partial charge in [-0.2, -0.15) is 5.10 Å². The Balaban J connectivity index is 1.65. The summed E-state index contributed by atoms with van der Waals surface area (Å²) < 4.78 is 6.91. The highest BCUT2D eigenvalue weighted by atomic mass is 32.1. The number of anilines is 1. The minimum atomic E-state index is -0.358. The monoisotopic (exact) mass is 384 g/mol. The molecule has 1 aliphatic carbocycles. The lowest BCUT2D eigenvalue weighted by molar-refractivity contribution is 0.0505. The van der Waals surface area contributed by atoms with E-state index in [9.17, 15) is 9.59 Å². The van der Waals surface area contributed by atoms with E-state index in [1.54, 1.807) is 29.0 Å². The summed E-state index contributed by atoms with van der Waals surface area (Å²) >= 11 is 1.47. The second-order valence-electron chi connectivity index (χ2n) is 6.46. The standard InChI is InChI=1S/C19H20N4O3S/c1-2-10-26-19(25)16-12-6-3-4-7-14(12)27-18(16)21-17(24)13-11-15-20-8-5-9-23(15)22-13/h5,8-9,11H,2-4,6-7,10H2,1H3,(H,21,24). The number of amides is 1. The Morgan fingerprint density at radius 3 is 3.00 bits per heavy atom. The number of hydrogen-bond acceptors (Lipinski definition) is 6. The molecule has 3 heterocycles. The Hall–Kier alpha value is -2.74. The number of thiophene rings is 1. The molecular weight excluding hydrogens is 364 g/mol. The molecule has 0 radical (unpaired) electrons. The first-order valence-electron chi connectivity index (χ1n) is 9.10. The van der Waals surface area contributed by atoms with E-state index in [4.69, 9.17) is 4.74 Å². The van der Waals surface area contributed by atoms with Crippen LogP contribution in [0.25, 0.3) is 5.65 Å². The number of carbonyl (C=O) groups excluding carboxylic acids is 2. The zero-order valence-electron chi connectivity index (χ0n) is 15.0. The van der Waals surface area contributed by atoms with E-state index in [-0.39, 0.29) is 17.6 Å². The molecular formula is C19H20N4O3S. The number of rotatable bonds is 5. The van der Waals surface area contributed by atoms with Crippen molar-refractivity contribution in [3.05, 3.63) is 46.2 Å². The molecule has 140 valence electrons. The van der Waals surface area contributed by atoms with Crippen LogP contribution in [0.4, 0.5) is 5.00 Å². The number of ether oxygens (including phenoxy) is 1. The first kappa shape index (κ1) is 17.7. The number of hydrogen-bond donors (Lipinski definition) is 1. The van der Waals surface area contributed by atoms with Crippen LogP contribution in [-0.2, 0) is 17.6 Å². The van der Waals surface area contributed by atoms with E-state index in [0.29, 0.717) is 22.8 Å². The lowest BCUT2D eigenvalue weighted by Gasteiger charge is -2.12. The summed E-state index contributed by atoms with van der Waals surface area (Å²) in [7, 11) is 0. The van der Waals surface area contributed by atoms with E-state index in [0.717, 1.165) is 42.5 Å². The predicted molar refractivity (Wildman–Crippen MR) is 102 cm³/mol. The lowest BCUT2D eigenvalue weighted by atomic mass is 9.95. The van der Waals surface area contributed by atoms with Crippen molar-refractivity contribution in [2.45, 2.75) is 39.0 Å². The van der Waals surface area contributed by atoms with Crippen LogP contribution in [0.1, 0.15) is 57.5 Å². The van der Waals surface area contributed by atoms with E-state index in [1.165, 1.54) is 11.3 Å². The number of nitrogens with one attached hydrogen (secondary N) is 1. The molecule has 0 bridgehead atoms. The van der Waals surface area contributed by atoms with Gasteiger partial charge >= 0.3 is 5.97 Å². The van der Waals surface area contributed by atoms with E-state index in [1.807, 2.05) is 6.92 Å². The maximum atomic E-state index is 12.7. The molecule has 27 heavy (non-hydrogen) atoms. The molecule has 0 unspecified atom stereocenters. The highest BCUT2D eigenvalue weighted by Gasteiger charge is 2.28. The summed E-state index contributed by atoms with van der Waals surface area (Å²) in [5.74, 6) is -0.716. The molecule has 0 atom stereocenters. The smallest absolute Gasteiger partial charge is 0.341 e. The fourth-order valence-corrected chi connectivity index (χ4v) is 4.52. The fraction of sp³-hybridized carbons (Fsp3) is 0.368. The second kappa shape index (κ2) is 7.48. The third-order valence-corrected chi connectivity index (χ3v) is 5.72. The Morgan fingerprint density at radius 2 is 2.19 bits per heavy atom. The first-order valence-corrected chi connectivity index (χ1v) is 9.92. The van der Waals surface area contributed by atoms with Gasteiger partial charge in [0.1, 0.15) is 5.00 Å². The fourth-order valence-electron chi connectivity index (χ4n) is 3.25. The predicted octanol–water partition coefficient (Wildman–Crippen LogP) is 3.49. The third kappa shape index (κ3) is 3.44. The van der Waals surface area contributed by atoms with Crippen molar-refractivity contribution < 1.29 is 14.3 Å². The van der Waals surface area contributed by atoms with Gasteiger partial charge in [-0.1, -0.05) is 6.92 Å². The van der Waals surface area contributed by atoms with Gasteiger partial charge in [0.05, 0.1) is 12.2 Å². The highest BCUT2D eigenvalue weighted by Crippen LogP contribution is 2.38. The molecule has 3 aromatic rings. The Kier molecular flexibility index (Phi) is 4.89. The van der Waals surface area contributed by atoms with Crippen molar-refractivity contribution >= 4 is 33.9 Å². The summed E-state index contributed by atoms with van der Waals surface area (Å²) in [6.07, 6.45) is 8.06. The molecule has 0 spiro atoms. The zero-order valence-corrected chi connectivity index (χ0v) is 15.8. The van der Waals surface area contributed by atoms with Gasteiger partial charge in [0.2, 0.25) is 0 Å². The van der Waals surface area contributed by atoms with Gasteiger partial charge in [-0.25, -0.2) is 14.3 Å². The SMILES string of the molecule is CCCOC(=O)c1c(NC(=O)c2cc3ncccn3n2)sc2c1CCCC2. The van der Waals surface area contributed by atoms with Crippen LogP contribution >= 0.6 is 11.3 Å². The largest absolute Gasteiger partial charge is 0.462 e. The van der Waals surface area contributed by atoms with Gasteiger partial charge in [-0.05, 0) is 43.7 Å². The maximum Gasteiger partial charge on any atom is 0.341 e. The van der Waals surface area contributed by atoms with Crippen LogP contribution in [0.5, 0.6) is 0 Å². The molecule has 1 amide bonds. The highest BCUT2D eigenvalue weighted by molar-refractivity contribution is 7.17. The number of aromatic nitrogens is 3. The number of aryl methyl sites for hydroxylation is 1. The quantitative estimate of drug-likeness (QED) is 0.681. The number of nitrogens with zero attached hydrogens (tertiary/aromatic N) is 3. The van der Waals surface area contributed by atoms with Gasteiger partial charge in [0, 0.05) is 23.3 Å². The van der Waals surface area contributed by atoms with Crippen LogP contribution in [-0.4, -0.2) is 33.1 Å². The Morgan fingerprint density at radius 1 is 1.33 bits per heavy atom. The molecule has 0 aromatic carbocycles.